The summed E-state index contributed by atoms with van der Waals surface area (Å²) in [5.41, 5.74) is 1.74. The second-order valence-corrected chi connectivity index (χ2v) is 4.23. The van der Waals surface area contributed by atoms with Crippen molar-refractivity contribution in [3.63, 3.8) is 0 Å². The van der Waals surface area contributed by atoms with E-state index in [1.165, 1.54) is 0 Å². The number of fused-ring (bicyclic) bond motifs is 1. The van der Waals surface area contributed by atoms with Gasteiger partial charge in [0.05, 0.1) is 12.0 Å². The van der Waals surface area contributed by atoms with E-state index in [1.54, 1.807) is 13.3 Å². The summed E-state index contributed by atoms with van der Waals surface area (Å²) in [6.07, 6.45) is 1.76. The van der Waals surface area contributed by atoms with Crippen molar-refractivity contribution in [2.75, 3.05) is 13.7 Å². The van der Waals surface area contributed by atoms with E-state index in [9.17, 15) is 0 Å². The number of ether oxygens (including phenoxy) is 1. The quantitative estimate of drug-likeness (QED) is 0.769. The van der Waals surface area contributed by atoms with Crippen molar-refractivity contribution in [2.45, 2.75) is 18.8 Å². The molecule has 2 heterocycles. The summed E-state index contributed by atoms with van der Waals surface area (Å²) >= 11 is 6.11. The number of hydrogen-bond donors (Lipinski definition) is 0. The predicted molar refractivity (Wildman–Crippen MR) is 63.7 cm³/mol. The molecule has 0 radical (unpaired) electrons. The Balaban J connectivity index is 2.51. The van der Waals surface area contributed by atoms with E-state index in [4.69, 9.17) is 16.3 Å². The summed E-state index contributed by atoms with van der Waals surface area (Å²) in [7, 11) is 1.68. The van der Waals surface area contributed by atoms with E-state index in [2.05, 4.69) is 9.97 Å². The van der Waals surface area contributed by atoms with Crippen LogP contribution < -0.4 is 0 Å². The molecule has 0 aliphatic heterocycles. The first kappa shape index (κ1) is 11.4. The predicted octanol–water partition coefficient (Wildman–Crippen LogP) is 2.38. The molecule has 0 saturated heterocycles. The number of methoxy groups -OCH3 is 1. The van der Waals surface area contributed by atoms with Crippen molar-refractivity contribution in [3.05, 3.63) is 24.2 Å². The summed E-state index contributed by atoms with van der Waals surface area (Å²) < 4.78 is 7.09. The molecule has 0 saturated carbocycles. The van der Waals surface area contributed by atoms with Crippen molar-refractivity contribution in [3.8, 4) is 0 Å². The van der Waals surface area contributed by atoms with Gasteiger partial charge >= 0.3 is 0 Å². The largest absolute Gasteiger partial charge is 0.383 e. The van der Waals surface area contributed by atoms with E-state index in [0.29, 0.717) is 6.61 Å². The lowest BCUT2D eigenvalue weighted by molar-refractivity contribution is 0.187. The van der Waals surface area contributed by atoms with Crippen molar-refractivity contribution >= 4 is 22.8 Å². The molecule has 1 unspecified atom stereocenters. The summed E-state index contributed by atoms with van der Waals surface area (Å²) in [5.74, 6) is 0.840. The SMILES string of the molecule is COCCn1c(C(C)Cl)nc2cccnc21. The molecule has 1 atom stereocenters. The average molecular weight is 240 g/mol. The average Bonchev–Trinajstić information content (AvgIpc) is 2.65. The third-order valence-electron chi connectivity index (χ3n) is 2.41. The van der Waals surface area contributed by atoms with E-state index < -0.39 is 0 Å². The number of imidazole rings is 1. The van der Waals surface area contributed by atoms with Crippen molar-refractivity contribution in [1.82, 2.24) is 14.5 Å². The van der Waals surface area contributed by atoms with Gasteiger partial charge in [0.2, 0.25) is 0 Å². The zero-order chi connectivity index (χ0) is 11.5. The number of rotatable bonds is 4. The molecule has 0 N–H and O–H groups in total. The van der Waals surface area contributed by atoms with Gasteiger partial charge in [0.25, 0.3) is 0 Å². The number of pyridine rings is 1. The van der Waals surface area contributed by atoms with Gasteiger partial charge < -0.3 is 9.30 Å². The van der Waals surface area contributed by atoms with Gasteiger partial charge in [0.1, 0.15) is 11.3 Å². The maximum Gasteiger partial charge on any atom is 0.160 e. The van der Waals surface area contributed by atoms with E-state index in [-0.39, 0.29) is 5.38 Å². The molecule has 4 nitrogen and oxygen atoms in total. The first-order chi connectivity index (χ1) is 7.74. The Hall–Kier alpha value is -1.13. The Bertz CT molecular complexity index is 481. The Labute approximate surface area is 99.2 Å². The van der Waals surface area contributed by atoms with Crippen LogP contribution in [0.5, 0.6) is 0 Å². The summed E-state index contributed by atoms with van der Waals surface area (Å²) in [5, 5.41) is -0.133. The molecule has 0 aliphatic rings. The molecule has 0 spiro atoms. The summed E-state index contributed by atoms with van der Waals surface area (Å²) in [4.78, 5) is 8.80. The third-order valence-corrected chi connectivity index (χ3v) is 2.60. The number of nitrogens with zero attached hydrogens (tertiary/aromatic N) is 3. The first-order valence-electron chi connectivity index (χ1n) is 5.18. The summed E-state index contributed by atoms with van der Waals surface area (Å²) in [6.45, 7) is 3.25. The molecule has 0 aliphatic carbocycles. The van der Waals surface area contributed by atoms with Gasteiger partial charge in [-0.3, -0.25) is 0 Å². The van der Waals surface area contributed by atoms with Crippen LogP contribution in [0.25, 0.3) is 11.2 Å². The monoisotopic (exact) mass is 239 g/mol. The van der Waals surface area contributed by atoms with Crippen molar-refractivity contribution < 1.29 is 4.74 Å². The van der Waals surface area contributed by atoms with Crippen LogP contribution in [0.3, 0.4) is 0 Å². The molecule has 0 bridgehead atoms. The molecule has 2 rings (SSSR count). The number of aromatic nitrogens is 3. The molecular weight excluding hydrogens is 226 g/mol. The Morgan fingerprint density at radius 1 is 1.56 bits per heavy atom. The highest BCUT2D eigenvalue weighted by Crippen LogP contribution is 2.22. The van der Waals surface area contributed by atoms with Gasteiger partial charge in [-0.05, 0) is 19.1 Å². The lowest BCUT2D eigenvalue weighted by atomic mass is 10.4. The fourth-order valence-electron chi connectivity index (χ4n) is 1.68. The smallest absolute Gasteiger partial charge is 0.160 e. The van der Waals surface area contributed by atoms with Crippen LogP contribution in [0.15, 0.2) is 18.3 Å². The lowest BCUT2D eigenvalue weighted by Crippen LogP contribution is -2.09. The highest BCUT2D eigenvalue weighted by atomic mass is 35.5. The minimum Gasteiger partial charge on any atom is -0.383 e. The van der Waals surface area contributed by atoms with Crippen LogP contribution in [-0.4, -0.2) is 28.3 Å². The lowest BCUT2D eigenvalue weighted by Gasteiger charge is -2.08. The highest BCUT2D eigenvalue weighted by molar-refractivity contribution is 6.20. The Morgan fingerprint density at radius 3 is 3.06 bits per heavy atom. The first-order valence-corrected chi connectivity index (χ1v) is 5.62. The summed E-state index contributed by atoms with van der Waals surface area (Å²) in [6, 6.07) is 3.81. The topological polar surface area (TPSA) is 39.9 Å². The number of hydrogen-bond acceptors (Lipinski definition) is 3. The second-order valence-electron chi connectivity index (χ2n) is 3.58. The third kappa shape index (κ3) is 2.03. The van der Waals surface area contributed by atoms with Crippen LogP contribution in [0.4, 0.5) is 0 Å². The fourth-order valence-corrected chi connectivity index (χ4v) is 1.85. The molecule has 0 fully saturated rings. The molecular formula is C11H14ClN3O. The zero-order valence-electron chi connectivity index (χ0n) is 9.35. The van der Waals surface area contributed by atoms with Crippen molar-refractivity contribution in [1.29, 1.82) is 0 Å². The molecule has 5 heteroatoms. The van der Waals surface area contributed by atoms with Gasteiger partial charge in [-0.15, -0.1) is 11.6 Å². The van der Waals surface area contributed by atoms with Gasteiger partial charge in [-0.2, -0.15) is 0 Å². The highest BCUT2D eigenvalue weighted by Gasteiger charge is 2.14. The maximum absolute atomic E-state index is 6.11. The van der Waals surface area contributed by atoms with Gasteiger partial charge in [-0.1, -0.05) is 0 Å². The van der Waals surface area contributed by atoms with Crippen LogP contribution in [0.2, 0.25) is 0 Å². The van der Waals surface area contributed by atoms with Crippen LogP contribution in [0, 0.1) is 0 Å². The molecule has 2 aromatic heterocycles. The molecule has 0 aromatic carbocycles. The zero-order valence-corrected chi connectivity index (χ0v) is 10.1. The van der Waals surface area contributed by atoms with Gasteiger partial charge in [0.15, 0.2) is 5.65 Å². The van der Waals surface area contributed by atoms with Crippen LogP contribution in [-0.2, 0) is 11.3 Å². The molecule has 0 amide bonds. The Kier molecular flexibility index (Phi) is 3.41. The van der Waals surface area contributed by atoms with E-state index >= 15 is 0 Å². The Morgan fingerprint density at radius 2 is 2.38 bits per heavy atom. The standard InChI is InChI=1S/C11H14ClN3O/c1-8(12)10-14-9-4-3-5-13-11(9)15(10)6-7-16-2/h3-5,8H,6-7H2,1-2H3. The normalized spacial score (nSPS) is 13.2. The van der Waals surface area contributed by atoms with Crippen LogP contribution >= 0.6 is 11.6 Å². The van der Waals surface area contributed by atoms with E-state index in [1.807, 2.05) is 23.6 Å². The fraction of sp³-hybridized carbons (Fsp3) is 0.455. The molecule has 2 aromatic rings. The van der Waals surface area contributed by atoms with Gasteiger partial charge in [-0.25, -0.2) is 9.97 Å². The molecule has 86 valence electrons. The second kappa shape index (κ2) is 4.80. The molecule has 16 heavy (non-hydrogen) atoms. The van der Waals surface area contributed by atoms with E-state index in [0.717, 1.165) is 23.5 Å². The van der Waals surface area contributed by atoms with Gasteiger partial charge in [0, 0.05) is 19.9 Å². The minimum absolute atomic E-state index is 0.133. The number of alkyl halides is 1. The minimum atomic E-state index is -0.133. The van der Waals surface area contributed by atoms with Crippen LogP contribution in [0.1, 0.15) is 18.1 Å². The van der Waals surface area contributed by atoms with Crippen molar-refractivity contribution in [2.24, 2.45) is 0 Å². The maximum atomic E-state index is 6.11. The number of halogens is 1.